The highest BCUT2D eigenvalue weighted by atomic mass is 19.1. The van der Waals surface area contributed by atoms with Gasteiger partial charge in [-0.25, -0.2) is 9.18 Å². The highest BCUT2D eigenvalue weighted by Crippen LogP contribution is 2.22. The van der Waals surface area contributed by atoms with Crippen LogP contribution in [0.5, 0.6) is 0 Å². The quantitative estimate of drug-likeness (QED) is 0.492. The molecule has 0 aliphatic rings. The minimum atomic E-state index is -0.727. The third kappa shape index (κ3) is 3.71. The smallest absolute Gasteiger partial charge is 0.390 e. The summed E-state index contributed by atoms with van der Waals surface area (Å²) in [5.74, 6) is -1.75. The lowest BCUT2D eigenvalue weighted by molar-refractivity contribution is -0.389. The van der Waals surface area contributed by atoms with Crippen molar-refractivity contribution in [3.8, 4) is 5.69 Å². The number of esters is 1. The molecule has 0 fully saturated rings. The van der Waals surface area contributed by atoms with Crippen molar-refractivity contribution in [3.63, 3.8) is 0 Å². The van der Waals surface area contributed by atoms with Gasteiger partial charge in [0.2, 0.25) is 0 Å². The Bertz CT molecular complexity index is 778. The predicted octanol–water partition coefficient (Wildman–Crippen LogP) is 3.18. The van der Waals surface area contributed by atoms with Crippen molar-refractivity contribution in [3.05, 3.63) is 51.5 Å². The number of ether oxygens (including phenoxy) is 1. The standard InChI is InChI=1S/C15H16FN3O4/c1-9-7-12(18-6-5-13(17-18)19(21)22)11(16)8-10(9)14(20)23-15(2,3)4/h5-8H,1-4H3. The van der Waals surface area contributed by atoms with Crippen molar-refractivity contribution in [2.45, 2.75) is 33.3 Å². The number of carbonyl (C=O) groups is 1. The molecule has 1 aromatic heterocycles. The molecule has 0 unspecified atom stereocenters. The summed E-state index contributed by atoms with van der Waals surface area (Å²) in [5.41, 5.74) is -0.0964. The Morgan fingerprint density at radius 2 is 2.04 bits per heavy atom. The minimum Gasteiger partial charge on any atom is -0.456 e. The monoisotopic (exact) mass is 321 g/mol. The zero-order chi connectivity index (χ0) is 17.4. The number of nitro groups is 1. The fourth-order valence-electron chi connectivity index (χ4n) is 1.94. The molecule has 8 heteroatoms. The van der Waals surface area contributed by atoms with Crippen molar-refractivity contribution in [2.75, 3.05) is 0 Å². The molecule has 2 aromatic rings. The lowest BCUT2D eigenvalue weighted by Crippen LogP contribution is -2.24. The van der Waals surface area contributed by atoms with Gasteiger partial charge in [0.05, 0.1) is 22.9 Å². The van der Waals surface area contributed by atoms with E-state index in [1.165, 1.54) is 12.3 Å². The molecule has 0 saturated carbocycles. The minimum absolute atomic E-state index is 0.0166. The van der Waals surface area contributed by atoms with Gasteiger partial charge >= 0.3 is 11.8 Å². The number of aryl methyl sites for hydroxylation is 1. The zero-order valence-electron chi connectivity index (χ0n) is 13.2. The van der Waals surface area contributed by atoms with Gasteiger partial charge in [0.15, 0.2) is 5.82 Å². The Kier molecular flexibility index (Phi) is 4.18. The van der Waals surface area contributed by atoms with E-state index in [0.717, 1.165) is 16.8 Å². The molecule has 0 spiro atoms. The van der Waals surface area contributed by atoms with Crippen LogP contribution in [-0.2, 0) is 4.74 Å². The van der Waals surface area contributed by atoms with Crippen LogP contribution in [0.2, 0.25) is 0 Å². The molecule has 1 heterocycles. The van der Waals surface area contributed by atoms with Crippen molar-refractivity contribution in [2.24, 2.45) is 0 Å². The number of hydrogen-bond donors (Lipinski definition) is 0. The molecule has 0 bridgehead atoms. The first-order valence-electron chi connectivity index (χ1n) is 6.82. The average Bonchev–Trinajstić information content (AvgIpc) is 2.88. The SMILES string of the molecule is Cc1cc(-n2ccc([N+](=O)[O-])n2)c(F)cc1C(=O)OC(C)(C)C. The molecule has 0 N–H and O–H groups in total. The fraction of sp³-hybridized carbons (Fsp3) is 0.333. The summed E-state index contributed by atoms with van der Waals surface area (Å²) in [4.78, 5) is 22.1. The van der Waals surface area contributed by atoms with Gasteiger partial charge in [0, 0.05) is 0 Å². The number of benzene rings is 1. The van der Waals surface area contributed by atoms with Gasteiger partial charge in [-0.1, -0.05) is 0 Å². The van der Waals surface area contributed by atoms with Crippen LogP contribution in [0.1, 0.15) is 36.7 Å². The average molecular weight is 321 g/mol. The van der Waals surface area contributed by atoms with E-state index < -0.39 is 28.1 Å². The molecule has 0 aliphatic heterocycles. The van der Waals surface area contributed by atoms with Gasteiger partial charge in [-0.3, -0.25) is 0 Å². The van der Waals surface area contributed by atoms with Crippen molar-refractivity contribution >= 4 is 11.8 Å². The lowest BCUT2D eigenvalue weighted by atomic mass is 10.1. The van der Waals surface area contributed by atoms with Crippen LogP contribution in [0.4, 0.5) is 10.2 Å². The summed E-state index contributed by atoms with van der Waals surface area (Å²) in [5, 5.41) is 14.3. The molecular formula is C15H16FN3O4. The van der Waals surface area contributed by atoms with Crippen molar-refractivity contribution in [1.29, 1.82) is 0 Å². The second-order valence-corrected chi connectivity index (χ2v) is 6.00. The molecule has 0 atom stereocenters. The van der Waals surface area contributed by atoms with Crippen molar-refractivity contribution in [1.82, 2.24) is 9.78 Å². The van der Waals surface area contributed by atoms with Crippen LogP contribution in [0.3, 0.4) is 0 Å². The third-order valence-electron chi connectivity index (χ3n) is 2.92. The highest BCUT2D eigenvalue weighted by molar-refractivity contribution is 5.91. The molecule has 2 rings (SSSR count). The van der Waals surface area contributed by atoms with E-state index in [4.69, 9.17) is 4.74 Å². The number of carbonyl (C=O) groups excluding carboxylic acids is 1. The van der Waals surface area contributed by atoms with E-state index >= 15 is 0 Å². The second-order valence-electron chi connectivity index (χ2n) is 6.00. The zero-order valence-corrected chi connectivity index (χ0v) is 13.2. The molecule has 0 aliphatic carbocycles. The normalized spacial score (nSPS) is 11.3. The first-order valence-corrected chi connectivity index (χ1v) is 6.82. The molecule has 0 amide bonds. The van der Waals surface area contributed by atoms with E-state index in [0.29, 0.717) is 5.56 Å². The van der Waals surface area contributed by atoms with Crippen LogP contribution in [0.25, 0.3) is 5.69 Å². The van der Waals surface area contributed by atoms with Crippen LogP contribution >= 0.6 is 0 Å². The number of halogens is 1. The summed E-state index contributed by atoms with van der Waals surface area (Å²) in [6.45, 7) is 6.77. The fourth-order valence-corrected chi connectivity index (χ4v) is 1.94. The first-order chi connectivity index (χ1) is 10.6. The molecule has 7 nitrogen and oxygen atoms in total. The summed E-state index contributed by atoms with van der Waals surface area (Å²) in [6.07, 6.45) is 1.28. The van der Waals surface area contributed by atoms with E-state index in [9.17, 15) is 19.3 Å². The summed E-state index contributed by atoms with van der Waals surface area (Å²) >= 11 is 0. The number of aromatic nitrogens is 2. The second kappa shape index (κ2) is 5.79. The summed E-state index contributed by atoms with van der Waals surface area (Å²) < 4.78 is 20.6. The van der Waals surface area contributed by atoms with Gasteiger partial charge in [0.25, 0.3) is 0 Å². The van der Waals surface area contributed by atoms with E-state index in [2.05, 4.69) is 5.10 Å². The van der Waals surface area contributed by atoms with Crippen LogP contribution < -0.4 is 0 Å². The summed E-state index contributed by atoms with van der Waals surface area (Å²) in [7, 11) is 0. The first kappa shape index (κ1) is 16.6. The molecule has 0 radical (unpaired) electrons. The lowest BCUT2D eigenvalue weighted by Gasteiger charge is -2.20. The third-order valence-corrected chi connectivity index (χ3v) is 2.92. The summed E-state index contributed by atoms with van der Waals surface area (Å²) in [6, 6.07) is 3.61. The van der Waals surface area contributed by atoms with Gasteiger partial charge in [0.1, 0.15) is 11.3 Å². The number of nitrogens with zero attached hydrogens (tertiary/aromatic N) is 3. The van der Waals surface area contributed by atoms with Crippen LogP contribution in [0, 0.1) is 22.9 Å². The van der Waals surface area contributed by atoms with Gasteiger partial charge < -0.3 is 14.9 Å². The molecule has 0 saturated heterocycles. The van der Waals surface area contributed by atoms with Crippen molar-refractivity contribution < 1.29 is 18.8 Å². The number of rotatable bonds is 3. The van der Waals surface area contributed by atoms with E-state index in [1.807, 2.05) is 0 Å². The van der Waals surface area contributed by atoms with Gasteiger partial charge in [-0.2, -0.15) is 0 Å². The Balaban J connectivity index is 2.40. The Labute approximate surface area is 131 Å². The number of hydrogen-bond acceptors (Lipinski definition) is 5. The van der Waals surface area contributed by atoms with Crippen LogP contribution in [-0.4, -0.2) is 26.3 Å². The Morgan fingerprint density at radius 1 is 1.39 bits per heavy atom. The predicted molar refractivity (Wildman–Crippen MR) is 80.1 cm³/mol. The Morgan fingerprint density at radius 3 is 2.57 bits per heavy atom. The topological polar surface area (TPSA) is 87.3 Å². The Hall–Kier alpha value is -2.77. The maximum absolute atomic E-state index is 14.3. The highest BCUT2D eigenvalue weighted by Gasteiger charge is 2.22. The van der Waals surface area contributed by atoms with Crippen LogP contribution in [0.15, 0.2) is 24.4 Å². The molecule has 1 aromatic carbocycles. The maximum atomic E-state index is 14.3. The van der Waals surface area contributed by atoms with Gasteiger partial charge in [-0.15, -0.1) is 4.68 Å². The molecule has 122 valence electrons. The van der Waals surface area contributed by atoms with Gasteiger partial charge in [-0.05, 0) is 50.3 Å². The molecule has 23 heavy (non-hydrogen) atoms. The maximum Gasteiger partial charge on any atom is 0.390 e. The van der Waals surface area contributed by atoms with E-state index in [1.54, 1.807) is 27.7 Å². The molecular weight excluding hydrogens is 305 g/mol. The van der Waals surface area contributed by atoms with E-state index in [-0.39, 0.29) is 11.3 Å². The largest absolute Gasteiger partial charge is 0.456 e.